The fourth-order valence-electron chi connectivity index (χ4n) is 3.54. The van der Waals surface area contributed by atoms with Crippen LogP contribution in [-0.2, 0) is 16.4 Å². The predicted octanol–water partition coefficient (Wildman–Crippen LogP) is 5.54. The first-order valence-electron chi connectivity index (χ1n) is 10.5. The minimum atomic E-state index is -4.03. The number of nitrogens with zero attached hydrogens (tertiary/aromatic N) is 4. The lowest BCUT2D eigenvalue weighted by atomic mass is 10.1. The lowest BCUT2D eigenvalue weighted by Gasteiger charge is -2.16. The maximum absolute atomic E-state index is 13.0. The lowest BCUT2D eigenvalue weighted by molar-refractivity contribution is -0.598. The number of pyridine rings is 1. The predicted molar refractivity (Wildman–Crippen MR) is 132 cm³/mol. The Morgan fingerprint density at radius 3 is 2.00 bits per heavy atom. The van der Waals surface area contributed by atoms with Crippen LogP contribution >= 0.6 is 11.6 Å². The van der Waals surface area contributed by atoms with Crippen molar-refractivity contribution in [2.45, 2.75) is 11.3 Å². The minimum absolute atomic E-state index is 0.00876. The van der Waals surface area contributed by atoms with E-state index in [1.165, 1.54) is 29.8 Å². The van der Waals surface area contributed by atoms with Gasteiger partial charge in [-0.05, 0) is 65.0 Å². The van der Waals surface area contributed by atoms with E-state index in [1.54, 1.807) is 10.6 Å². The van der Waals surface area contributed by atoms with Crippen LogP contribution in [0.1, 0.15) is 11.1 Å². The average molecular weight is 487 g/mol. The van der Waals surface area contributed by atoms with E-state index in [0.29, 0.717) is 21.9 Å². The fourth-order valence-corrected chi connectivity index (χ4v) is 4.60. The second-order valence-corrected chi connectivity index (χ2v) is 9.70. The van der Waals surface area contributed by atoms with Gasteiger partial charge in [-0.2, -0.15) is 0 Å². The van der Waals surface area contributed by atoms with Gasteiger partial charge in [-0.25, -0.2) is 13.0 Å². The number of fused-ring (bicyclic) bond motifs is 1. The van der Waals surface area contributed by atoms with Gasteiger partial charge in [-0.3, -0.25) is 0 Å². The van der Waals surface area contributed by atoms with Gasteiger partial charge in [0.1, 0.15) is 0 Å². The van der Waals surface area contributed by atoms with E-state index in [1.807, 2.05) is 60.9 Å². The lowest BCUT2D eigenvalue weighted by Crippen LogP contribution is -2.31. The molecule has 5 rings (SSSR count). The van der Waals surface area contributed by atoms with E-state index in [0.717, 1.165) is 12.0 Å². The third-order valence-electron chi connectivity index (χ3n) is 5.25. The molecule has 5 aromatic rings. The van der Waals surface area contributed by atoms with Gasteiger partial charge in [0.05, 0.1) is 17.3 Å². The smallest absolute Gasteiger partial charge is 0.327 e. The first-order chi connectivity index (χ1) is 16.5. The molecular formula is C26H19ClN4O2S. The third-order valence-corrected chi connectivity index (χ3v) is 6.78. The molecular weight excluding hydrogens is 468 g/mol. The fraction of sp³-hybridized carbons (Fsp3) is 0.0385. The van der Waals surface area contributed by atoms with Crippen molar-refractivity contribution in [2.24, 2.45) is 0 Å². The number of halogens is 1. The molecule has 0 fully saturated rings. The molecule has 0 bridgehead atoms. The van der Waals surface area contributed by atoms with Gasteiger partial charge in [-0.1, -0.05) is 60.1 Å². The summed E-state index contributed by atoms with van der Waals surface area (Å²) in [7, 11) is -4.03. The van der Waals surface area contributed by atoms with Crippen LogP contribution in [0.3, 0.4) is 0 Å². The van der Waals surface area contributed by atoms with Gasteiger partial charge < -0.3 is 9.71 Å². The second kappa shape index (κ2) is 9.21. The van der Waals surface area contributed by atoms with E-state index in [4.69, 9.17) is 11.6 Å². The molecule has 34 heavy (non-hydrogen) atoms. The number of sulfonamides is 1. The molecule has 0 radical (unpaired) electrons. The molecule has 168 valence electrons. The summed E-state index contributed by atoms with van der Waals surface area (Å²) in [6, 6.07) is 27.2. The van der Waals surface area contributed by atoms with Crippen LogP contribution in [0.4, 0.5) is 5.82 Å². The quantitative estimate of drug-likeness (QED) is 0.295. The Hall–Kier alpha value is -3.81. The normalized spacial score (nSPS) is 11.4. The molecule has 0 aliphatic rings. The Kier molecular flexibility index (Phi) is 5.96. The third kappa shape index (κ3) is 4.76. The molecule has 2 aromatic heterocycles. The Morgan fingerprint density at radius 2 is 1.32 bits per heavy atom. The maximum atomic E-state index is 13.0. The van der Waals surface area contributed by atoms with E-state index >= 15 is 0 Å². The summed E-state index contributed by atoms with van der Waals surface area (Å²) >= 11 is 5.91. The summed E-state index contributed by atoms with van der Waals surface area (Å²) in [5.74, 6) is 0.331. The van der Waals surface area contributed by atoms with Gasteiger partial charge in [0, 0.05) is 16.4 Å². The molecule has 0 N–H and O–H groups in total. The SMILES string of the molecule is O=S(=O)([N-]c1nc2ccccc2nc1-[n+]1ccc(Cc2ccccc2)cc1)c1ccc(Cl)cc1. The van der Waals surface area contributed by atoms with Crippen LogP contribution in [0.15, 0.2) is 108 Å². The van der Waals surface area contributed by atoms with Gasteiger partial charge >= 0.3 is 5.82 Å². The molecule has 0 saturated carbocycles. The Labute approximate surface area is 202 Å². The summed E-state index contributed by atoms with van der Waals surface area (Å²) in [5.41, 5.74) is 3.51. The number of rotatable bonds is 6. The van der Waals surface area contributed by atoms with Crippen molar-refractivity contribution in [2.75, 3.05) is 0 Å². The summed E-state index contributed by atoms with van der Waals surface area (Å²) < 4.78 is 31.8. The first kappa shape index (κ1) is 22.0. The highest BCUT2D eigenvalue weighted by Crippen LogP contribution is 2.30. The van der Waals surface area contributed by atoms with E-state index in [2.05, 4.69) is 26.8 Å². The molecule has 0 aliphatic carbocycles. The van der Waals surface area contributed by atoms with E-state index in [9.17, 15) is 8.42 Å². The molecule has 0 saturated heterocycles. The van der Waals surface area contributed by atoms with Crippen molar-refractivity contribution in [1.82, 2.24) is 9.97 Å². The molecule has 6 nitrogen and oxygen atoms in total. The zero-order chi connectivity index (χ0) is 23.5. The molecule has 0 aliphatic heterocycles. The van der Waals surface area contributed by atoms with Crippen LogP contribution in [0.2, 0.25) is 5.02 Å². The number of benzene rings is 3. The minimum Gasteiger partial charge on any atom is -0.425 e. The monoisotopic (exact) mass is 486 g/mol. The van der Waals surface area contributed by atoms with Crippen LogP contribution < -0.4 is 4.57 Å². The Balaban J connectivity index is 1.53. The number of hydrogen-bond acceptors (Lipinski definition) is 4. The standard InChI is InChI=1S/C26H19ClN4O2S/c27-21-10-12-22(13-11-21)34(32,33)30-25-26(29-24-9-5-4-8-23(24)28-25)31-16-14-20(15-17-31)18-19-6-2-1-3-7-19/h1-17H,18H2. The molecule has 0 unspecified atom stereocenters. The Bertz CT molecular complexity index is 1560. The van der Waals surface area contributed by atoms with Crippen molar-refractivity contribution in [1.29, 1.82) is 0 Å². The Morgan fingerprint density at radius 1 is 0.735 bits per heavy atom. The molecule has 2 heterocycles. The maximum Gasteiger partial charge on any atom is 0.327 e. The summed E-state index contributed by atoms with van der Waals surface area (Å²) in [6.45, 7) is 0. The summed E-state index contributed by atoms with van der Waals surface area (Å²) in [4.78, 5) is 9.22. The van der Waals surface area contributed by atoms with Crippen molar-refractivity contribution in [3.8, 4) is 5.82 Å². The van der Waals surface area contributed by atoms with Crippen LogP contribution in [0.25, 0.3) is 21.6 Å². The van der Waals surface area contributed by atoms with E-state index < -0.39 is 10.0 Å². The van der Waals surface area contributed by atoms with Crippen LogP contribution in [-0.4, -0.2) is 18.4 Å². The first-order valence-corrected chi connectivity index (χ1v) is 12.3. The highest BCUT2D eigenvalue weighted by Gasteiger charge is 2.18. The van der Waals surface area contributed by atoms with Crippen molar-refractivity contribution in [3.63, 3.8) is 0 Å². The summed E-state index contributed by atoms with van der Waals surface area (Å²) in [6.07, 6.45) is 4.46. The molecule has 0 atom stereocenters. The highest BCUT2D eigenvalue weighted by atomic mass is 35.5. The number of hydrogen-bond donors (Lipinski definition) is 0. The average Bonchev–Trinajstić information content (AvgIpc) is 2.85. The highest BCUT2D eigenvalue weighted by molar-refractivity contribution is 7.94. The van der Waals surface area contributed by atoms with Crippen molar-refractivity contribution >= 4 is 38.5 Å². The van der Waals surface area contributed by atoms with Gasteiger partial charge in [0.2, 0.25) is 10.0 Å². The van der Waals surface area contributed by atoms with Crippen LogP contribution in [0, 0.1) is 0 Å². The molecule has 3 aromatic carbocycles. The largest absolute Gasteiger partial charge is 0.425 e. The van der Waals surface area contributed by atoms with Crippen molar-refractivity contribution in [3.05, 3.63) is 124 Å². The van der Waals surface area contributed by atoms with Crippen molar-refractivity contribution < 1.29 is 13.0 Å². The zero-order valence-corrected chi connectivity index (χ0v) is 19.5. The van der Waals surface area contributed by atoms with Gasteiger partial charge in [0.15, 0.2) is 5.52 Å². The van der Waals surface area contributed by atoms with Gasteiger partial charge in [0.25, 0.3) is 0 Å². The zero-order valence-electron chi connectivity index (χ0n) is 17.9. The van der Waals surface area contributed by atoms with Crippen LogP contribution in [0.5, 0.6) is 0 Å². The van der Waals surface area contributed by atoms with E-state index in [-0.39, 0.29) is 10.7 Å². The molecule has 0 amide bonds. The number of aromatic nitrogens is 3. The molecule has 8 heteroatoms. The van der Waals surface area contributed by atoms with Gasteiger partial charge in [-0.15, -0.1) is 0 Å². The second-order valence-electron chi connectivity index (χ2n) is 7.66. The number of para-hydroxylation sites is 2. The topological polar surface area (TPSA) is 77.9 Å². The molecule has 0 spiro atoms. The summed E-state index contributed by atoms with van der Waals surface area (Å²) in [5, 5.41) is 0.441.